The van der Waals surface area contributed by atoms with Gasteiger partial charge in [-0.2, -0.15) is 39.5 Å². The fourth-order valence-corrected chi connectivity index (χ4v) is 3.23. The molecule has 0 bridgehead atoms. The molecule has 1 amide bonds. The standard InChI is InChI=1S/C22H18F10N2O3/c1-11-8-13(19(23,21(27,28)29)22(30,31)32)10-15(20(24,25)26)17(11)34-18(36)12-4-3-5-14(9-12)33-7-6-16(35)37-2/h3-5,8-10,33H,6-7H2,1-2H3,(H,34,36). The molecular formula is C22H18F10N2O3. The molecule has 15 heteroatoms. The lowest BCUT2D eigenvalue weighted by molar-refractivity contribution is -0.348. The summed E-state index contributed by atoms with van der Waals surface area (Å²) >= 11 is 0. The van der Waals surface area contributed by atoms with Gasteiger partial charge in [0.2, 0.25) is 0 Å². The lowest BCUT2D eigenvalue weighted by Crippen LogP contribution is -2.50. The van der Waals surface area contributed by atoms with E-state index in [0.717, 1.165) is 13.2 Å². The third-order valence-corrected chi connectivity index (χ3v) is 5.07. The fraction of sp³-hybridized carbons (Fsp3) is 0.364. The van der Waals surface area contributed by atoms with Crippen LogP contribution in [-0.2, 0) is 21.4 Å². The highest BCUT2D eigenvalue weighted by atomic mass is 19.4. The number of hydrogen-bond donors (Lipinski definition) is 2. The van der Waals surface area contributed by atoms with Crippen LogP contribution < -0.4 is 10.6 Å². The van der Waals surface area contributed by atoms with Crippen LogP contribution in [0.5, 0.6) is 0 Å². The highest BCUT2D eigenvalue weighted by molar-refractivity contribution is 6.05. The summed E-state index contributed by atoms with van der Waals surface area (Å²) in [7, 11) is 1.16. The normalized spacial score (nSPS) is 12.8. The predicted octanol–water partition coefficient (Wildman–Crippen LogP) is 6.53. The molecule has 2 aromatic carbocycles. The SMILES string of the molecule is COC(=O)CCNc1cccc(C(=O)Nc2c(C)cc(C(F)(C(F)(F)F)C(F)(F)F)cc2C(F)(F)F)c1. The van der Waals surface area contributed by atoms with Gasteiger partial charge in [0.1, 0.15) is 0 Å². The Morgan fingerprint density at radius 2 is 1.49 bits per heavy atom. The molecule has 5 nitrogen and oxygen atoms in total. The van der Waals surface area contributed by atoms with Crippen LogP contribution in [0, 0.1) is 6.92 Å². The van der Waals surface area contributed by atoms with Gasteiger partial charge >= 0.3 is 30.2 Å². The Morgan fingerprint density at radius 3 is 2.00 bits per heavy atom. The topological polar surface area (TPSA) is 67.4 Å². The van der Waals surface area contributed by atoms with Crippen LogP contribution in [0.15, 0.2) is 36.4 Å². The molecule has 0 unspecified atom stereocenters. The van der Waals surface area contributed by atoms with Crippen molar-refractivity contribution in [3.8, 4) is 0 Å². The second-order valence-electron chi connectivity index (χ2n) is 7.66. The van der Waals surface area contributed by atoms with Gasteiger partial charge in [-0.25, -0.2) is 4.39 Å². The Morgan fingerprint density at radius 1 is 0.892 bits per heavy atom. The number of anilines is 2. The monoisotopic (exact) mass is 548 g/mol. The van der Waals surface area contributed by atoms with Crippen LogP contribution >= 0.6 is 0 Å². The van der Waals surface area contributed by atoms with Gasteiger partial charge in [-0.05, 0) is 36.8 Å². The maximum atomic E-state index is 14.4. The number of amides is 1. The summed E-state index contributed by atoms with van der Waals surface area (Å²) < 4.78 is 138. The summed E-state index contributed by atoms with van der Waals surface area (Å²) in [6, 6.07) is 4.41. The lowest BCUT2D eigenvalue weighted by Gasteiger charge is -2.31. The Labute approximate surface area is 202 Å². The number of benzene rings is 2. The smallest absolute Gasteiger partial charge is 0.435 e. The van der Waals surface area contributed by atoms with Crippen LogP contribution in [-0.4, -0.2) is 37.9 Å². The number of halogens is 10. The molecule has 2 aromatic rings. The first kappa shape index (κ1) is 29.7. The molecule has 2 rings (SSSR count). The Hall–Kier alpha value is -3.52. The van der Waals surface area contributed by atoms with Crippen molar-refractivity contribution in [3.05, 3.63) is 58.7 Å². The lowest BCUT2D eigenvalue weighted by atomic mass is 9.90. The van der Waals surface area contributed by atoms with Crippen molar-refractivity contribution < 1.29 is 58.2 Å². The van der Waals surface area contributed by atoms with Gasteiger partial charge < -0.3 is 15.4 Å². The minimum atomic E-state index is -6.63. The predicted molar refractivity (Wildman–Crippen MR) is 111 cm³/mol. The van der Waals surface area contributed by atoms with Crippen molar-refractivity contribution in [1.29, 1.82) is 0 Å². The summed E-state index contributed by atoms with van der Waals surface area (Å²) in [6.07, 6.45) is -18.9. The Balaban J connectivity index is 2.49. The van der Waals surface area contributed by atoms with E-state index in [9.17, 15) is 53.5 Å². The molecule has 0 aliphatic rings. The Bertz CT molecular complexity index is 1140. The van der Waals surface area contributed by atoms with Crippen molar-refractivity contribution in [2.75, 3.05) is 24.3 Å². The quantitative estimate of drug-likeness (QED) is 0.305. The molecule has 0 aromatic heterocycles. The van der Waals surface area contributed by atoms with Crippen LogP contribution in [0.4, 0.5) is 55.3 Å². The molecule has 0 aliphatic carbocycles. The number of rotatable bonds is 7. The molecule has 0 aliphatic heterocycles. The van der Waals surface area contributed by atoms with Gasteiger partial charge in [-0.3, -0.25) is 9.59 Å². The molecule has 2 N–H and O–H groups in total. The van der Waals surface area contributed by atoms with E-state index < -0.39 is 64.5 Å². The molecule has 0 spiro atoms. The van der Waals surface area contributed by atoms with E-state index in [-0.39, 0.29) is 30.3 Å². The first-order valence-electron chi connectivity index (χ1n) is 10.1. The maximum absolute atomic E-state index is 14.4. The van der Waals surface area contributed by atoms with Crippen molar-refractivity contribution in [2.45, 2.75) is 37.5 Å². The third kappa shape index (κ3) is 6.43. The van der Waals surface area contributed by atoms with E-state index in [0.29, 0.717) is 6.92 Å². The average molecular weight is 548 g/mol. The van der Waals surface area contributed by atoms with E-state index in [2.05, 4.69) is 10.1 Å². The van der Waals surface area contributed by atoms with Crippen molar-refractivity contribution in [1.82, 2.24) is 0 Å². The largest absolute Gasteiger partial charge is 0.469 e. The number of hydrogen-bond acceptors (Lipinski definition) is 4. The Kier molecular flexibility index (Phi) is 8.40. The molecule has 0 saturated carbocycles. The van der Waals surface area contributed by atoms with E-state index in [4.69, 9.17) is 0 Å². The van der Waals surface area contributed by atoms with E-state index in [1.54, 1.807) is 0 Å². The molecular weight excluding hydrogens is 530 g/mol. The molecule has 0 saturated heterocycles. The first-order chi connectivity index (χ1) is 16.8. The first-order valence-corrected chi connectivity index (χ1v) is 10.1. The second-order valence-corrected chi connectivity index (χ2v) is 7.66. The van der Waals surface area contributed by atoms with Gasteiger partial charge in [-0.15, -0.1) is 0 Å². The number of carbonyl (C=O) groups excluding carboxylic acids is 2. The average Bonchev–Trinajstić information content (AvgIpc) is 2.77. The molecule has 0 heterocycles. The molecule has 204 valence electrons. The van der Waals surface area contributed by atoms with Crippen LogP contribution in [0.1, 0.15) is 33.5 Å². The van der Waals surface area contributed by atoms with Crippen LogP contribution in [0.2, 0.25) is 0 Å². The number of ether oxygens (including phenoxy) is 1. The fourth-order valence-electron chi connectivity index (χ4n) is 3.23. The van der Waals surface area contributed by atoms with Gasteiger partial charge in [0, 0.05) is 23.4 Å². The summed E-state index contributed by atoms with van der Waals surface area (Å²) in [6.45, 7) is 0.756. The summed E-state index contributed by atoms with van der Waals surface area (Å²) in [5, 5.41) is 4.58. The molecule has 0 radical (unpaired) electrons. The molecule has 0 atom stereocenters. The number of aryl methyl sites for hydroxylation is 1. The van der Waals surface area contributed by atoms with Crippen LogP contribution in [0.3, 0.4) is 0 Å². The van der Waals surface area contributed by atoms with Gasteiger partial charge in [-0.1, -0.05) is 12.1 Å². The maximum Gasteiger partial charge on any atom is 0.435 e. The zero-order valence-electron chi connectivity index (χ0n) is 18.9. The van der Waals surface area contributed by atoms with E-state index in [1.165, 1.54) is 18.2 Å². The van der Waals surface area contributed by atoms with E-state index >= 15 is 0 Å². The van der Waals surface area contributed by atoms with Crippen molar-refractivity contribution >= 4 is 23.3 Å². The minimum Gasteiger partial charge on any atom is -0.469 e. The number of methoxy groups -OCH3 is 1. The van der Waals surface area contributed by atoms with Crippen molar-refractivity contribution in [2.24, 2.45) is 0 Å². The van der Waals surface area contributed by atoms with Gasteiger partial charge in [0.25, 0.3) is 5.91 Å². The zero-order chi connectivity index (χ0) is 28.4. The summed E-state index contributed by atoms with van der Waals surface area (Å²) in [4.78, 5) is 23.8. The van der Waals surface area contributed by atoms with Crippen molar-refractivity contribution in [3.63, 3.8) is 0 Å². The van der Waals surface area contributed by atoms with E-state index in [1.807, 2.05) is 5.32 Å². The summed E-state index contributed by atoms with van der Waals surface area (Å²) in [5.74, 6) is -1.75. The van der Waals surface area contributed by atoms with Crippen LogP contribution in [0.25, 0.3) is 0 Å². The second kappa shape index (κ2) is 10.5. The third-order valence-electron chi connectivity index (χ3n) is 5.07. The number of esters is 1. The highest BCUT2D eigenvalue weighted by Crippen LogP contribution is 2.54. The summed E-state index contributed by atoms with van der Waals surface area (Å²) in [5.41, 5.74) is -12.6. The molecule has 37 heavy (non-hydrogen) atoms. The highest BCUT2D eigenvalue weighted by Gasteiger charge is 2.73. The van der Waals surface area contributed by atoms with Gasteiger partial charge in [0.05, 0.1) is 24.8 Å². The molecule has 0 fully saturated rings. The number of carbonyl (C=O) groups is 2. The number of nitrogens with one attached hydrogen (secondary N) is 2. The zero-order valence-corrected chi connectivity index (χ0v) is 18.9. The minimum absolute atomic E-state index is 0.0562. The van der Waals surface area contributed by atoms with Gasteiger partial charge in [0.15, 0.2) is 0 Å². The number of alkyl halides is 10.